The van der Waals surface area contributed by atoms with Crippen molar-refractivity contribution in [2.45, 2.75) is 11.7 Å². The fourth-order valence-corrected chi connectivity index (χ4v) is 3.67. The lowest BCUT2D eigenvalue weighted by Gasteiger charge is -2.28. The fourth-order valence-electron chi connectivity index (χ4n) is 2.61. The number of carbonyl (C=O) groups is 3. The molecule has 2 aromatic carbocycles. The zero-order valence-electron chi connectivity index (χ0n) is 15.8. The normalized spacial score (nSPS) is 17.9. The molecule has 0 unspecified atom stereocenters. The Balaban J connectivity index is 1.75. The van der Waals surface area contributed by atoms with Gasteiger partial charge in [0.25, 0.3) is 0 Å². The minimum absolute atomic E-state index is 0.0390. The maximum absolute atomic E-state index is 12.6. The van der Waals surface area contributed by atoms with E-state index < -0.39 is 11.2 Å². The Kier molecular flexibility index (Phi) is 6.18. The number of anilines is 1. The Morgan fingerprint density at radius 2 is 1.97 bits per heavy atom. The number of ether oxygens (including phenoxy) is 1. The molecule has 9 heteroatoms. The van der Waals surface area contributed by atoms with Crippen LogP contribution in [0.3, 0.4) is 0 Å². The SMILES string of the molecule is COc1cccc(N=C2S[C@@H](C(=O)Nc3ccc(C(=O)O)cc3)CC(=O)N2C)c1. The molecule has 8 nitrogen and oxygen atoms in total. The van der Waals surface area contributed by atoms with Gasteiger partial charge >= 0.3 is 5.97 Å². The molecule has 2 N–H and O–H groups in total. The molecule has 2 aromatic rings. The average Bonchev–Trinajstić information content (AvgIpc) is 2.71. The lowest BCUT2D eigenvalue weighted by Crippen LogP contribution is -2.43. The van der Waals surface area contributed by atoms with Crippen LogP contribution >= 0.6 is 11.8 Å². The molecule has 1 fully saturated rings. The van der Waals surface area contributed by atoms with Gasteiger partial charge in [-0.2, -0.15) is 0 Å². The van der Waals surface area contributed by atoms with Crippen molar-refractivity contribution < 1.29 is 24.2 Å². The highest BCUT2D eigenvalue weighted by Gasteiger charge is 2.34. The lowest BCUT2D eigenvalue weighted by molar-refractivity contribution is -0.128. The van der Waals surface area contributed by atoms with Gasteiger partial charge in [0.15, 0.2) is 5.17 Å². The van der Waals surface area contributed by atoms with E-state index in [9.17, 15) is 14.4 Å². The second kappa shape index (κ2) is 8.78. The second-order valence-corrected chi connectivity index (χ2v) is 7.40. The highest BCUT2D eigenvalue weighted by Crippen LogP contribution is 2.30. The predicted octanol–water partition coefficient (Wildman–Crippen LogP) is 2.98. The number of aliphatic imine (C=N–C) groups is 1. The summed E-state index contributed by atoms with van der Waals surface area (Å²) in [5, 5.41) is 11.4. The molecule has 1 aliphatic heterocycles. The Hall–Kier alpha value is -3.33. The minimum atomic E-state index is -1.04. The molecule has 1 heterocycles. The number of carboxylic acid groups (broad SMARTS) is 1. The van der Waals surface area contributed by atoms with Crippen LogP contribution in [0, 0.1) is 0 Å². The summed E-state index contributed by atoms with van der Waals surface area (Å²) in [5.41, 5.74) is 1.19. The number of benzene rings is 2. The molecule has 29 heavy (non-hydrogen) atoms. The van der Waals surface area contributed by atoms with Crippen LogP contribution in [0.15, 0.2) is 53.5 Å². The average molecular weight is 413 g/mol. The number of aromatic carboxylic acids is 1. The number of hydrogen-bond acceptors (Lipinski definition) is 6. The molecule has 0 radical (unpaired) electrons. The van der Waals surface area contributed by atoms with Crippen LogP contribution in [0.4, 0.5) is 11.4 Å². The predicted molar refractivity (Wildman–Crippen MR) is 111 cm³/mol. The van der Waals surface area contributed by atoms with E-state index in [4.69, 9.17) is 9.84 Å². The Bertz CT molecular complexity index is 974. The van der Waals surface area contributed by atoms with Crippen LogP contribution in [0.25, 0.3) is 0 Å². The van der Waals surface area contributed by atoms with Gasteiger partial charge in [-0.3, -0.25) is 14.5 Å². The van der Waals surface area contributed by atoms with Crippen LogP contribution in [-0.2, 0) is 9.59 Å². The molecule has 0 aromatic heterocycles. The topological polar surface area (TPSA) is 108 Å². The summed E-state index contributed by atoms with van der Waals surface area (Å²) in [6.45, 7) is 0. The first kappa shape index (κ1) is 20.4. The maximum atomic E-state index is 12.6. The van der Waals surface area contributed by atoms with Gasteiger partial charge in [0.2, 0.25) is 11.8 Å². The van der Waals surface area contributed by atoms with Crippen molar-refractivity contribution in [3.8, 4) is 5.75 Å². The zero-order valence-corrected chi connectivity index (χ0v) is 16.6. The molecule has 1 atom stereocenters. The molecule has 2 amide bonds. The molecule has 0 saturated carbocycles. The van der Waals surface area contributed by atoms with Crippen LogP contribution in [0.1, 0.15) is 16.8 Å². The lowest BCUT2D eigenvalue weighted by atomic mass is 10.2. The molecule has 150 valence electrons. The molecule has 0 spiro atoms. The van der Waals surface area contributed by atoms with E-state index >= 15 is 0 Å². The van der Waals surface area contributed by atoms with Gasteiger partial charge < -0.3 is 15.2 Å². The van der Waals surface area contributed by atoms with Crippen molar-refractivity contribution in [3.63, 3.8) is 0 Å². The third-order valence-corrected chi connectivity index (χ3v) is 5.48. The number of carboxylic acids is 1. The van der Waals surface area contributed by atoms with Crippen LogP contribution in [-0.4, -0.2) is 52.4 Å². The van der Waals surface area contributed by atoms with E-state index in [-0.39, 0.29) is 23.8 Å². The minimum Gasteiger partial charge on any atom is -0.497 e. The number of carbonyl (C=O) groups excluding carboxylic acids is 2. The van der Waals surface area contributed by atoms with E-state index in [1.807, 2.05) is 0 Å². The molecule has 0 bridgehead atoms. The largest absolute Gasteiger partial charge is 0.497 e. The van der Waals surface area contributed by atoms with Gasteiger partial charge in [0.05, 0.1) is 18.4 Å². The summed E-state index contributed by atoms with van der Waals surface area (Å²) in [5.74, 6) is -0.969. The molecular formula is C20H19N3O5S. The van der Waals surface area contributed by atoms with Gasteiger partial charge in [0.1, 0.15) is 11.0 Å². The first-order valence-corrected chi connectivity index (χ1v) is 9.55. The summed E-state index contributed by atoms with van der Waals surface area (Å²) in [4.78, 5) is 41.8. The number of amides is 2. The number of thioether (sulfide) groups is 1. The highest BCUT2D eigenvalue weighted by molar-refractivity contribution is 8.15. The molecular weight excluding hydrogens is 394 g/mol. The fraction of sp³-hybridized carbons (Fsp3) is 0.200. The smallest absolute Gasteiger partial charge is 0.335 e. The quantitative estimate of drug-likeness (QED) is 0.780. The Morgan fingerprint density at radius 1 is 1.24 bits per heavy atom. The summed E-state index contributed by atoms with van der Waals surface area (Å²) in [7, 11) is 3.17. The van der Waals surface area contributed by atoms with Gasteiger partial charge in [-0.05, 0) is 36.4 Å². The van der Waals surface area contributed by atoms with Crippen molar-refractivity contribution >= 4 is 46.1 Å². The number of amidine groups is 1. The van der Waals surface area contributed by atoms with Crippen LogP contribution < -0.4 is 10.1 Å². The van der Waals surface area contributed by atoms with Crippen molar-refractivity contribution in [2.24, 2.45) is 4.99 Å². The third-order valence-electron chi connectivity index (χ3n) is 4.24. The number of rotatable bonds is 5. The summed E-state index contributed by atoms with van der Waals surface area (Å²) >= 11 is 1.20. The van der Waals surface area contributed by atoms with Crippen molar-refractivity contribution in [2.75, 3.05) is 19.5 Å². The van der Waals surface area contributed by atoms with Gasteiger partial charge in [-0.25, -0.2) is 9.79 Å². The summed E-state index contributed by atoms with van der Waals surface area (Å²) in [6.07, 6.45) is 0.0390. The Labute approximate surface area is 171 Å². The molecule has 1 saturated heterocycles. The van der Waals surface area contributed by atoms with Crippen LogP contribution in [0.2, 0.25) is 0 Å². The number of nitrogens with one attached hydrogen (secondary N) is 1. The molecule has 0 aliphatic carbocycles. The summed E-state index contributed by atoms with van der Waals surface area (Å²) < 4.78 is 5.18. The van der Waals surface area contributed by atoms with E-state index in [2.05, 4.69) is 10.3 Å². The highest BCUT2D eigenvalue weighted by atomic mass is 32.2. The van der Waals surface area contributed by atoms with Gasteiger partial charge in [-0.15, -0.1) is 0 Å². The van der Waals surface area contributed by atoms with Crippen molar-refractivity contribution in [1.82, 2.24) is 4.90 Å². The number of methoxy groups -OCH3 is 1. The third kappa shape index (κ3) is 4.94. The van der Waals surface area contributed by atoms with E-state index in [0.29, 0.717) is 22.3 Å². The van der Waals surface area contributed by atoms with Crippen molar-refractivity contribution in [1.29, 1.82) is 0 Å². The van der Waals surface area contributed by atoms with E-state index in [1.165, 1.54) is 40.9 Å². The van der Waals surface area contributed by atoms with E-state index in [1.54, 1.807) is 38.4 Å². The van der Waals surface area contributed by atoms with Gasteiger partial charge in [-0.1, -0.05) is 17.8 Å². The summed E-state index contributed by atoms with van der Waals surface area (Å²) in [6, 6.07) is 12.9. The Morgan fingerprint density at radius 3 is 2.62 bits per heavy atom. The first-order valence-electron chi connectivity index (χ1n) is 8.67. The van der Waals surface area contributed by atoms with Gasteiger partial charge in [0, 0.05) is 25.2 Å². The zero-order chi connectivity index (χ0) is 21.0. The first-order chi connectivity index (χ1) is 13.9. The van der Waals surface area contributed by atoms with Crippen molar-refractivity contribution in [3.05, 3.63) is 54.1 Å². The number of nitrogens with zero attached hydrogens (tertiary/aromatic N) is 2. The maximum Gasteiger partial charge on any atom is 0.335 e. The molecule has 3 rings (SSSR count). The standard InChI is InChI=1S/C20H19N3O5S/c1-23-17(24)11-16(18(25)21-13-8-6-12(7-9-13)19(26)27)29-20(23)22-14-4-3-5-15(10-14)28-2/h3-10,16H,11H2,1-2H3,(H,21,25)(H,26,27)/t16-/m1/s1. The van der Waals surface area contributed by atoms with Crippen LogP contribution in [0.5, 0.6) is 5.75 Å². The monoisotopic (exact) mass is 413 g/mol. The molecule has 1 aliphatic rings. The number of hydrogen-bond donors (Lipinski definition) is 2. The second-order valence-electron chi connectivity index (χ2n) is 6.23. The van der Waals surface area contributed by atoms with E-state index in [0.717, 1.165) is 0 Å².